The highest BCUT2D eigenvalue weighted by Crippen LogP contribution is 2.32. The van der Waals surface area contributed by atoms with Crippen LogP contribution in [-0.2, 0) is 14.3 Å². The minimum absolute atomic E-state index is 0.0410. The predicted octanol–water partition coefficient (Wildman–Crippen LogP) is 1.79. The average Bonchev–Trinajstić information content (AvgIpc) is 2.47. The number of esters is 1. The number of nitrogen functional groups attached to an aromatic ring is 1. The van der Waals surface area contributed by atoms with Gasteiger partial charge in [-0.15, -0.1) is 0 Å². The molecule has 112 valence electrons. The standard InChI is InChI=1S/C15H18N2O4/c1-20-6-7-21-15(19)11-9-17-13(8-14(11)18)10-4-2-3-5-12(10)16/h2-5,9,13,18H,6-8,16H2,1H3. The minimum Gasteiger partial charge on any atom is -0.511 e. The number of rotatable bonds is 5. The lowest BCUT2D eigenvalue weighted by Gasteiger charge is -2.19. The van der Waals surface area contributed by atoms with E-state index in [9.17, 15) is 9.90 Å². The topological polar surface area (TPSA) is 94.1 Å². The monoisotopic (exact) mass is 290 g/mol. The van der Waals surface area contributed by atoms with Gasteiger partial charge in [-0.25, -0.2) is 4.79 Å². The molecule has 1 heterocycles. The average molecular weight is 290 g/mol. The van der Waals surface area contributed by atoms with Crippen LogP contribution in [0, 0.1) is 0 Å². The number of hydrogen-bond donors (Lipinski definition) is 2. The summed E-state index contributed by atoms with van der Waals surface area (Å²) >= 11 is 0. The Bertz CT molecular complexity index is 581. The second-order valence-electron chi connectivity index (χ2n) is 4.62. The molecule has 0 fully saturated rings. The maximum absolute atomic E-state index is 11.8. The zero-order valence-corrected chi connectivity index (χ0v) is 11.8. The van der Waals surface area contributed by atoms with Crippen molar-refractivity contribution in [3.8, 4) is 0 Å². The van der Waals surface area contributed by atoms with Crippen LogP contribution in [0.3, 0.4) is 0 Å². The van der Waals surface area contributed by atoms with E-state index in [4.69, 9.17) is 15.2 Å². The van der Waals surface area contributed by atoms with Gasteiger partial charge in [-0.2, -0.15) is 0 Å². The first kappa shape index (κ1) is 15.1. The van der Waals surface area contributed by atoms with E-state index in [0.29, 0.717) is 12.3 Å². The summed E-state index contributed by atoms with van der Waals surface area (Å²) in [6.07, 6.45) is 1.56. The second-order valence-corrected chi connectivity index (χ2v) is 4.62. The number of aliphatic imine (C=N–C) groups is 1. The lowest BCUT2D eigenvalue weighted by Crippen LogP contribution is -2.18. The molecule has 21 heavy (non-hydrogen) atoms. The molecule has 1 aliphatic heterocycles. The van der Waals surface area contributed by atoms with Crippen LogP contribution in [0.15, 0.2) is 40.6 Å². The van der Waals surface area contributed by atoms with Gasteiger partial charge in [0.05, 0.1) is 12.6 Å². The fourth-order valence-corrected chi connectivity index (χ4v) is 2.06. The van der Waals surface area contributed by atoms with Gasteiger partial charge in [-0.3, -0.25) is 4.99 Å². The lowest BCUT2D eigenvalue weighted by molar-refractivity contribution is -0.139. The molecule has 0 spiro atoms. The van der Waals surface area contributed by atoms with Gasteiger partial charge >= 0.3 is 5.97 Å². The van der Waals surface area contributed by atoms with Crippen LogP contribution in [0.5, 0.6) is 0 Å². The highest BCUT2D eigenvalue weighted by Gasteiger charge is 2.24. The van der Waals surface area contributed by atoms with Crippen molar-refractivity contribution >= 4 is 17.9 Å². The summed E-state index contributed by atoms with van der Waals surface area (Å²) in [5.74, 6) is -0.645. The number of nitrogens with zero attached hydrogens (tertiary/aromatic N) is 1. The van der Waals surface area contributed by atoms with Gasteiger partial charge in [0.2, 0.25) is 0 Å². The van der Waals surface area contributed by atoms with Gasteiger partial charge in [0.1, 0.15) is 17.9 Å². The fourth-order valence-electron chi connectivity index (χ4n) is 2.06. The molecule has 1 unspecified atom stereocenters. The molecule has 0 aliphatic carbocycles. The molecular weight excluding hydrogens is 272 g/mol. The van der Waals surface area contributed by atoms with Crippen molar-refractivity contribution in [2.24, 2.45) is 4.99 Å². The van der Waals surface area contributed by atoms with Gasteiger partial charge in [-0.1, -0.05) is 18.2 Å². The number of aliphatic hydroxyl groups excluding tert-OH is 1. The van der Waals surface area contributed by atoms with Crippen LogP contribution >= 0.6 is 0 Å². The van der Waals surface area contributed by atoms with E-state index in [0.717, 1.165) is 5.56 Å². The number of carbonyl (C=O) groups excluding carboxylic acids is 1. The van der Waals surface area contributed by atoms with E-state index in [1.165, 1.54) is 13.3 Å². The number of benzene rings is 1. The Balaban J connectivity index is 2.06. The Labute approximate surface area is 122 Å². The first-order valence-electron chi connectivity index (χ1n) is 6.59. The second kappa shape index (κ2) is 6.90. The van der Waals surface area contributed by atoms with Crippen LogP contribution < -0.4 is 5.73 Å². The molecule has 1 atom stereocenters. The Morgan fingerprint density at radius 1 is 1.43 bits per heavy atom. The summed E-state index contributed by atoms with van der Waals surface area (Å²) in [5.41, 5.74) is 7.41. The molecule has 0 saturated carbocycles. The largest absolute Gasteiger partial charge is 0.511 e. The Morgan fingerprint density at radius 3 is 2.86 bits per heavy atom. The van der Waals surface area contributed by atoms with Crippen LogP contribution in [0.4, 0.5) is 5.69 Å². The van der Waals surface area contributed by atoms with Crippen molar-refractivity contribution < 1.29 is 19.4 Å². The van der Waals surface area contributed by atoms with Crippen molar-refractivity contribution in [1.82, 2.24) is 0 Å². The third-order valence-electron chi connectivity index (χ3n) is 3.18. The maximum Gasteiger partial charge on any atom is 0.343 e. The third kappa shape index (κ3) is 3.61. The zero-order valence-electron chi connectivity index (χ0n) is 11.8. The Kier molecular flexibility index (Phi) is 4.94. The summed E-state index contributed by atoms with van der Waals surface area (Å²) in [7, 11) is 1.52. The molecule has 3 N–H and O–H groups in total. The number of methoxy groups -OCH3 is 1. The molecule has 1 aliphatic rings. The quantitative estimate of drug-likeness (QED) is 0.490. The lowest BCUT2D eigenvalue weighted by atomic mass is 9.97. The van der Waals surface area contributed by atoms with Crippen LogP contribution in [0.25, 0.3) is 0 Å². The van der Waals surface area contributed by atoms with Crippen molar-refractivity contribution in [2.75, 3.05) is 26.1 Å². The number of para-hydroxylation sites is 1. The van der Waals surface area contributed by atoms with Crippen LogP contribution in [0.1, 0.15) is 18.0 Å². The van der Waals surface area contributed by atoms with Crippen LogP contribution in [0.2, 0.25) is 0 Å². The molecular formula is C15H18N2O4. The summed E-state index contributed by atoms with van der Waals surface area (Å²) in [4.78, 5) is 16.1. The number of hydrogen-bond acceptors (Lipinski definition) is 6. The first-order valence-corrected chi connectivity index (χ1v) is 6.59. The molecule has 0 amide bonds. The number of dihydropyridines is 1. The van der Waals surface area contributed by atoms with Crippen molar-refractivity contribution in [3.05, 3.63) is 41.2 Å². The maximum atomic E-state index is 11.8. The highest BCUT2D eigenvalue weighted by atomic mass is 16.6. The van der Waals surface area contributed by atoms with Crippen molar-refractivity contribution in [2.45, 2.75) is 12.5 Å². The summed E-state index contributed by atoms with van der Waals surface area (Å²) in [6, 6.07) is 7.03. The molecule has 1 aromatic carbocycles. The van der Waals surface area contributed by atoms with Crippen molar-refractivity contribution in [1.29, 1.82) is 0 Å². The molecule has 2 rings (SSSR count). The van der Waals surface area contributed by atoms with E-state index < -0.39 is 5.97 Å². The van der Waals surface area contributed by atoms with Gasteiger partial charge in [0, 0.05) is 25.4 Å². The number of nitrogens with two attached hydrogens (primary N) is 1. The predicted molar refractivity (Wildman–Crippen MR) is 79.2 cm³/mol. The third-order valence-corrected chi connectivity index (χ3v) is 3.18. The van der Waals surface area contributed by atoms with Gasteiger partial charge in [-0.05, 0) is 11.6 Å². The van der Waals surface area contributed by atoms with Crippen LogP contribution in [-0.4, -0.2) is 37.6 Å². The molecule has 0 aromatic heterocycles. The smallest absolute Gasteiger partial charge is 0.343 e. The molecule has 0 radical (unpaired) electrons. The van der Waals surface area contributed by atoms with E-state index in [2.05, 4.69) is 4.99 Å². The summed E-state index contributed by atoms with van der Waals surface area (Å²) < 4.78 is 9.75. The number of ether oxygens (including phenoxy) is 2. The van der Waals surface area contributed by atoms with Gasteiger partial charge in [0.25, 0.3) is 0 Å². The summed E-state index contributed by atoms with van der Waals surface area (Å²) in [5, 5.41) is 10.0. The first-order chi connectivity index (χ1) is 10.1. The number of aliphatic hydroxyl groups is 1. The number of carbonyl (C=O) groups is 1. The van der Waals surface area contributed by atoms with E-state index in [1.807, 2.05) is 18.2 Å². The van der Waals surface area contributed by atoms with E-state index in [1.54, 1.807) is 6.07 Å². The molecule has 0 saturated heterocycles. The van der Waals surface area contributed by atoms with Gasteiger partial charge in [0.15, 0.2) is 0 Å². The summed E-state index contributed by atoms with van der Waals surface area (Å²) in [6.45, 7) is 0.440. The normalized spacial score (nSPS) is 17.9. The highest BCUT2D eigenvalue weighted by molar-refractivity contribution is 6.10. The zero-order chi connectivity index (χ0) is 15.2. The molecule has 1 aromatic rings. The Hall–Kier alpha value is -2.34. The molecule has 6 nitrogen and oxygen atoms in total. The molecule has 6 heteroatoms. The van der Waals surface area contributed by atoms with E-state index >= 15 is 0 Å². The minimum atomic E-state index is -0.604. The number of anilines is 1. The van der Waals surface area contributed by atoms with E-state index in [-0.39, 0.29) is 30.4 Å². The SMILES string of the molecule is COCCOC(=O)C1=C(O)CC(c2ccccc2N)N=C1. The Morgan fingerprint density at radius 2 is 2.19 bits per heavy atom. The van der Waals surface area contributed by atoms with Crippen molar-refractivity contribution in [3.63, 3.8) is 0 Å². The molecule has 0 bridgehead atoms. The van der Waals surface area contributed by atoms with Gasteiger partial charge < -0.3 is 20.3 Å². The fraction of sp³-hybridized carbons (Fsp3) is 0.333.